The van der Waals surface area contributed by atoms with E-state index >= 15 is 0 Å². The lowest BCUT2D eigenvalue weighted by Gasteiger charge is -2.32. The number of nitrogens with zero attached hydrogens (tertiary/aromatic N) is 2. The zero-order valence-electron chi connectivity index (χ0n) is 13.0. The third-order valence-electron chi connectivity index (χ3n) is 4.46. The van der Waals surface area contributed by atoms with Crippen LogP contribution in [0.1, 0.15) is 25.7 Å². The second kappa shape index (κ2) is 7.58. The Morgan fingerprint density at radius 3 is 2.41 bits per heavy atom. The van der Waals surface area contributed by atoms with Gasteiger partial charge in [0.2, 0.25) is 11.8 Å². The number of carbonyl (C=O) groups excluding carboxylic acids is 2. The molecule has 2 amide bonds. The van der Waals surface area contributed by atoms with Crippen LogP contribution in [0.5, 0.6) is 0 Å². The van der Waals surface area contributed by atoms with Gasteiger partial charge in [0.15, 0.2) is 0 Å². The monoisotopic (exact) mass is 312 g/mol. The number of hydrogen-bond acceptors (Lipinski definition) is 4. The molecule has 0 unspecified atom stereocenters. The van der Waals surface area contributed by atoms with Crippen molar-refractivity contribution in [2.24, 2.45) is 11.8 Å². The van der Waals surface area contributed by atoms with Gasteiger partial charge in [-0.05, 0) is 25.7 Å². The van der Waals surface area contributed by atoms with Crippen molar-refractivity contribution in [2.75, 3.05) is 39.9 Å². The van der Waals surface area contributed by atoms with E-state index in [4.69, 9.17) is 9.84 Å². The van der Waals surface area contributed by atoms with Gasteiger partial charge in [-0.15, -0.1) is 0 Å². The minimum absolute atomic E-state index is 0.0477. The maximum atomic E-state index is 12.3. The fourth-order valence-corrected chi connectivity index (χ4v) is 3.00. The van der Waals surface area contributed by atoms with E-state index < -0.39 is 5.97 Å². The molecule has 1 atom stereocenters. The molecule has 0 radical (unpaired) electrons. The molecule has 0 bridgehead atoms. The van der Waals surface area contributed by atoms with Crippen LogP contribution in [0, 0.1) is 11.8 Å². The number of amides is 2. The molecule has 2 aliphatic rings. The van der Waals surface area contributed by atoms with Crippen LogP contribution in [0.3, 0.4) is 0 Å². The van der Waals surface area contributed by atoms with Crippen LogP contribution in [-0.2, 0) is 19.1 Å². The van der Waals surface area contributed by atoms with E-state index in [-0.39, 0.29) is 30.2 Å². The first-order valence-electron chi connectivity index (χ1n) is 7.82. The van der Waals surface area contributed by atoms with Gasteiger partial charge in [-0.25, -0.2) is 0 Å². The van der Waals surface area contributed by atoms with Crippen molar-refractivity contribution in [2.45, 2.75) is 25.7 Å². The molecule has 0 aromatic rings. The predicted molar refractivity (Wildman–Crippen MR) is 78.1 cm³/mol. The number of likely N-dealkylation sites (tertiary alicyclic amines) is 1. The van der Waals surface area contributed by atoms with Crippen molar-refractivity contribution < 1.29 is 24.2 Å². The molecule has 2 rings (SSSR count). The summed E-state index contributed by atoms with van der Waals surface area (Å²) >= 11 is 0. The second-order valence-electron chi connectivity index (χ2n) is 6.10. The Morgan fingerprint density at radius 1 is 1.18 bits per heavy atom. The van der Waals surface area contributed by atoms with Crippen molar-refractivity contribution in [3.8, 4) is 0 Å². The highest BCUT2D eigenvalue weighted by Crippen LogP contribution is 2.18. The number of piperidine rings is 1. The quantitative estimate of drug-likeness (QED) is 0.801. The van der Waals surface area contributed by atoms with Gasteiger partial charge in [-0.2, -0.15) is 0 Å². The van der Waals surface area contributed by atoms with Crippen molar-refractivity contribution in [3.63, 3.8) is 0 Å². The molecule has 1 N–H and O–H groups in total. The molecule has 0 saturated carbocycles. The minimum Gasteiger partial charge on any atom is -0.481 e. The first-order chi connectivity index (χ1) is 10.5. The van der Waals surface area contributed by atoms with Gasteiger partial charge in [0.1, 0.15) is 0 Å². The lowest BCUT2D eigenvalue weighted by atomic mass is 9.97. The van der Waals surface area contributed by atoms with Gasteiger partial charge in [-0.3, -0.25) is 14.4 Å². The Hall–Kier alpha value is -1.63. The van der Waals surface area contributed by atoms with Crippen molar-refractivity contribution >= 4 is 17.8 Å². The van der Waals surface area contributed by atoms with Crippen molar-refractivity contribution in [3.05, 3.63) is 0 Å². The number of aliphatic carboxylic acids is 1. The Bertz CT molecular complexity index is 426. The van der Waals surface area contributed by atoms with Gasteiger partial charge < -0.3 is 19.6 Å². The lowest BCUT2D eigenvalue weighted by Crippen LogP contribution is -2.47. The fourth-order valence-electron chi connectivity index (χ4n) is 3.00. The number of rotatable bonds is 4. The Labute approximate surface area is 130 Å². The number of carboxylic acid groups (broad SMARTS) is 1. The first-order valence-corrected chi connectivity index (χ1v) is 7.82. The molecule has 2 heterocycles. The van der Waals surface area contributed by atoms with Crippen LogP contribution in [0.4, 0.5) is 0 Å². The van der Waals surface area contributed by atoms with E-state index in [0.29, 0.717) is 39.1 Å². The summed E-state index contributed by atoms with van der Waals surface area (Å²) in [5.74, 6) is -1.46. The van der Waals surface area contributed by atoms with E-state index in [9.17, 15) is 14.4 Å². The van der Waals surface area contributed by atoms with E-state index in [1.807, 2.05) is 0 Å². The van der Waals surface area contributed by atoms with Gasteiger partial charge in [0, 0.05) is 26.7 Å². The van der Waals surface area contributed by atoms with E-state index in [0.717, 1.165) is 12.8 Å². The maximum absolute atomic E-state index is 12.3. The normalized spacial score (nSPS) is 23.1. The lowest BCUT2D eigenvalue weighted by molar-refractivity contribution is -0.147. The van der Waals surface area contributed by atoms with E-state index in [1.165, 1.54) is 4.90 Å². The van der Waals surface area contributed by atoms with Gasteiger partial charge >= 0.3 is 5.97 Å². The summed E-state index contributed by atoms with van der Waals surface area (Å²) in [6, 6.07) is 0. The van der Waals surface area contributed by atoms with Gasteiger partial charge in [-0.1, -0.05) is 0 Å². The second-order valence-corrected chi connectivity index (χ2v) is 6.10. The number of hydrogen-bond donors (Lipinski definition) is 1. The summed E-state index contributed by atoms with van der Waals surface area (Å²) in [5.41, 5.74) is 0. The largest absolute Gasteiger partial charge is 0.481 e. The van der Waals surface area contributed by atoms with Crippen molar-refractivity contribution in [1.29, 1.82) is 0 Å². The van der Waals surface area contributed by atoms with Crippen LogP contribution in [0.15, 0.2) is 0 Å². The Kier molecular flexibility index (Phi) is 5.76. The zero-order valence-corrected chi connectivity index (χ0v) is 13.0. The van der Waals surface area contributed by atoms with Crippen LogP contribution in [-0.4, -0.2) is 72.6 Å². The maximum Gasteiger partial charge on any atom is 0.306 e. The van der Waals surface area contributed by atoms with Gasteiger partial charge in [0.25, 0.3) is 0 Å². The zero-order chi connectivity index (χ0) is 16.1. The summed E-state index contributed by atoms with van der Waals surface area (Å²) in [5, 5.41) is 8.96. The summed E-state index contributed by atoms with van der Waals surface area (Å²) < 4.78 is 5.31. The number of ether oxygens (including phenoxy) is 1. The van der Waals surface area contributed by atoms with Crippen LogP contribution >= 0.6 is 0 Å². The van der Waals surface area contributed by atoms with Crippen LogP contribution < -0.4 is 0 Å². The summed E-state index contributed by atoms with van der Waals surface area (Å²) in [4.78, 5) is 38.5. The van der Waals surface area contributed by atoms with E-state index in [1.54, 1.807) is 11.9 Å². The standard InChI is InChI=1S/C15H24N2O5/c1-16(14(19)12-3-2-8-22-10-12)9-13(18)17-6-4-11(5-7-17)15(20)21/h11-12H,2-10H2,1H3,(H,20,21)/t12-/m1/s1. The number of likely N-dealkylation sites (N-methyl/N-ethyl adjacent to an activating group) is 1. The summed E-state index contributed by atoms with van der Waals surface area (Å²) in [6.45, 7) is 2.08. The highest BCUT2D eigenvalue weighted by atomic mass is 16.5. The van der Waals surface area contributed by atoms with Gasteiger partial charge in [0.05, 0.1) is 25.0 Å². The summed E-state index contributed by atoms with van der Waals surface area (Å²) in [6.07, 6.45) is 2.65. The highest BCUT2D eigenvalue weighted by Gasteiger charge is 2.30. The fraction of sp³-hybridized carbons (Fsp3) is 0.800. The molecule has 0 aromatic carbocycles. The van der Waals surface area contributed by atoms with Crippen LogP contribution in [0.2, 0.25) is 0 Å². The average molecular weight is 312 g/mol. The smallest absolute Gasteiger partial charge is 0.306 e. The molecule has 0 spiro atoms. The molecule has 2 aliphatic heterocycles. The number of carboxylic acids is 1. The molecule has 2 fully saturated rings. The third-order valence-corrected chi connectivity index (χ3v) is 4.46. The molecule has 0 aromatic heterocycles. The molecular formula is C15H24N2O5. The van der Waals surface area contributed by atoms with Crippen molar-refractivity contribution in [1.82, 2.24) is 9.80 Å². The predicted octanol–water partition coefficient (Wildman–Crippen LogP) is 0.195. The Balaban J connectivity index is 1.78. The minimum atomic E-state index is -0.795. The molecule has 7 heteroatoms. The molecule has 2 saturated heterocycles. The molecule has 0 aliphatic carbocycles. The highest BCUT2D eigenvalue weighted by molar-refractivity contribution is 5.86. The summed E-state index contributed by atoms with van der Waals surface area (Å²) in [7, 11) is 1.64. The third kappa shape index (κ3) is 4.19. The first kappa shape index (κ1) is 16.7. The molecule has 124 valence electrons. The molecular weight excluding hydrogens is 288 g/mol. The molecule has 22 heavy (non-hydrogen) atoms. The molecule has 7 nitrogen and oxygen atoms in total. The van der Waals surface area contributed by atoms with E-state index in [2.05, 4.69) is 0 Å². The average Bonchev–Trinajstić information content (AvgIpc) is 2.54. The Morgan fingerprint density at radius 2 is 1.86 bits per heavy atom. The van der Waals surface area contributed by atoms with Crippen LogP contribution in [0.25, 0.3) is 0 Å². The topological polar surface area (TPSA) is 87.2 Å². The SMILES string of the molecule is CN(CC(=O)N1CCC(C(=O)O)CC1)C(=O)[C@@H]1CCCOC1. The number of carbonyl (C=O) groups is 3.